The molecule has 0 atom stereocenters. The molecule has 0 fully saturated rings. The number of hydrogen-bond acceptors (Lipinski definition) is 7. The largest absolute Gasteiger partial charge is 0.497 e. The Balaban J connectivity index is 1.38. The topological polar surface area (TPSA) is 107 Å². The van der Waals surface area contributed by atoms with Crippen LogP contribution in [0.25, 0.3) is 0 Å². The smallest absolute Gasteiger partial charge is 0.275 e. The van der Waals surface area contributed by atoms with Crippen molar-refractivity contribution in [2.45, 2.75) is 4.90 Å². The van der Waals surface area contributed by atoms with E-state index in [0.29, 0.717) is 22.9 Å². The molecule has 1 heterocycles. The number of aromatic nitrogens is 1. The molecule has 1 aromatic heterocycles. The average Bonchev–Trinajstić information content (AvgIpc) is 3.29. The second-order valence-electron chi connectivity index (χ2n) is 6.71. The Kier molecular flexibility index (Phi) is 6.57. The third kappa shape index (κ3) is 5.68. The fourth-order valence-electron chi connectivity index (χ4n) is 2.78. The molecule has 8 nitrogen and oxygen atoms in total. The van der Waals surface area contributed by atoms with Crippen LogP contribution in [0, 0.1) is 0 Å². The minimum Gasteiger partial charge on any atom is -0.497 e. The first-order valence-electron chi connectivity index (χ1n) is 9.70. The summed E-state index contributed by atoms with van der Waals surface area (Å²) in [4.78, 5) is 16.7. The monoisotopic (exact) mass is 481 g/mol. The van der Waals surface area contributed by atoms with Crippen LogP contribution in [-0.2, 0) is 10.0 Å². The van der Waals surface area contributed by atoms with Crippen molar-refractivity contribution in [1.82, 2.24) is 4.98 Å². The molecule has 0 saturated carbocycles. The number of carbonyl (C=O) groups is 1. The van der Waals surface area contributed by atoms with Crippen LogP contribution >= 0.6 is 11.3 Å². The van der Waals surface area contributed by atoms with Crippen molar-refractivity contribution in [3.63, 3.8) is 0 Å². The first kappa shape index (κ1) is 22.3. The molecular formula is C23H19N3O5S2. The van der Waals surface area contributed by atoms with E-state index < -0.39 is 15.9 Å². The summed E-state index contributed by atoms with van der Waals surface area (Å²) in [6, 6.07) is 22.2. The van der Waals surface area contributed by atoms with E-state index >= 15 is 0 Å². The lowest BCUT2D eigenvalue weighted by molar-refractivity contribution is 0.102. The van der Waals surface area contributed by atoms with Crippen molar-refractivity contribution in [1.29, 1.82) is 0 Å². The number of carbonyl (C=O) groups excluding carboxylic acids is 1. The molecule has 1 amide bonds. The van der Waals surface area contributed by atoms with Crippen LogP contribution in [0.5, 0.6) is 17.2 Å². The second-order valence-corrected chi connectivity index (χ2v) is 9.25. The van der Waals surface area contributed by atoms with Gasteiger partial charge in [-0.05, 0) is 60.7 Å². The molecule has 4 rings (SSSR count). The third-order valence-corrected chi connectivity index (χ3v) is 6.66. The van der Waals surface area contributed by atoms with Crippen molar-refractivity contribution >= 4 is 38.1 Å². The number of nitrogens with zero attached hydrogens (tertiary/aromatic N) is 1. The maximum atomic E-state index is 12.5. The van der Waals surface area contributed by atoms with Gasteiger partial charge < -0.3 is 14.8 Å². The third-order valence-electron chi connectivity index (χ3n) is 4.42. The molecule has 33 heavy (non-hydrogen) atoms. The number of methoxy groups -OCH3 is 1. The zero-order valence-corrected chi connectivity index (χ0v) is 19.0. The molecule has 0 aliphatic carbocycles. The van der Waals surface area contributed by atoms with Gasteiger partial charge in [-0.15, -0.1) is 11.3 Å². The summed E-state index contributed by atoms with van der Waals surface area (Å²) in [5, 5.41) is 4.29. The van der Waals surface area contributed by atoms with Gasteiger partial charge in [0.2, 0.25) is 0 Å². The Morgan fingerprint density at radius 2 is 1.52 bits per heavy atom. The predicted octanol–water partition coefficient (Wildman–Crippen LogP) is 5.00. The van der Waals surface area contributed by atoms with Crippen LogP contribution < -0.4 is 19.5 Å². The molecule has 0 bridgehead atoms. The minimum atomic E-state index is -3.84. The first-order valence-corrected chi connectivity index (χ1v) is 12.1. The highest BCUT2D eigenvalue weighted by Gasteiger charge is 2.18. The van der Waals surface area contributed by atoms with Gasteiger partial charge in [-0.3, -0.25) is 9.52 Å². The lowest BCUT2D eigenvalue weighted by Gasteiger charge is -2.07. The van der Waals surface area contributed by atoms with Gasteiger partial charge in [-0.25, -0.2) is 13.4 Å². The van der Waals surface area contributed by atoms with Gasteiger partial charge in [-0.2, -0.15) is 0 Å². The van der Waals surface area contributed by atoms with E-state index in [1.54, 1.807) is 36.4 Å². The van der Waals surface area contributed by atoms with Gasteiger partial charge in [0.25, 0.3) is 15.9 Å². The number of benzene rings is 3. The van der Waals surface area contributed by atoms with Gasteiger partial charge >= 0.3 is 0 Å². The highest BCUT2D eigenvalue weighted by Crippen LogP contribution is 2.24. The van der Waals surface area contributed by atoms with Crippen molar-refractivity contribution in [2.75, 3.05) is 17.1 Å². The quantitative estimate of drug-likeness (QED) is 0.367. The zero-order chi connectivity index (χ0) is 23.3. The molecule has 168 valence electrons. The van der Waals surface area contributed by atoms with Gasteiger partial charge in [0, 0.05) is 11.1 Å². The normalized spacial score (nSPS) is 10.9. The van der Waals surface area contributed by atoms with Crippen LogP contribution in [-0.4, -0.2) is 26.4 Å². The summed E-state index contributed by atoms with van der Waals surface area (Å²) in [5.74, 6) is 1.42. The Morgan fingerprint density at radius 1 is 0.879 bits per heavy atom. The summed E-state index contributed by atoms with van der Waals surface area (Å²) in [7, 11) is -2.35. The summed E-state index contributed by atoms with van der Waals surface area (Å²) in [5.41, 5.74) is 0.644. The Morgan fingerprint density at radius 3 is 2.18 bits per heavy atom. The lowest BCUT2D eigenvalue weighted by Crippen LogP contribution is -2.14. The van der Waals surface area contributed by atoms with Gasteiger partial charge in [0.05, 0.1) is 12.0 Å². The molecule has 0 unspecified atom stereocenters. The molecule has 2 N–H and O–H groups in total. The van der Waals surface area contributed by atoms with Crippen molar-refractivity contribution in [2.24, 2.45) is 0 Å². The van der Waals surface area contributed by atoms with Crippen molar-refractivity contribution in [3.8, 4) is 17.2 Å². The Bertz CT molecular complexity index is 1340. The standard InChI is InChI=1S/C23H19N3O5S2/c1-30-17-11-13-20(14-12-17)33(28,29)26-23-25-21(15-32-23)22(27)24-16-7-9-19(10-8-16)31-18-5-3-2-4-6-18/h2-15H,1H3,(H,24,27)(H,25,26). The average molecular weight is 482 g/mol. The highest BCUT2D eigenvalue weighted by atomic mass is 32.2. The molecule has 0 aliphatic rings. The summed E-state index contributed by atoms with van der Waals surface area (Å²) in [6.07, 6.45) is 0. The van der Waals surface area contributed by atoms with Gasteiger partial charge in [-0.1, -0.05) is 18.2 Å². The van der Waals surface area contributed by atoms with Crippen molar-refractivity contribution < 1.29 is 22.7 Å². The molecule has 10 heteroatoms. The van der Waals surface area contributed by atoms with Crippen LogP contribution in [0.15, 0.2) is 89.1 Å². The minimum absolute atomic E-state index is 0.0577. The molecular weight excluding hydrogens is 462 g/mol. The number of sulfonamides is 1. The lowest BCUT2D eigenvalue weighted by atomic mass is 10.3. The maximum Gasteiger partial charge on any atom is 0.275 e. The van der Waals surface area contributed by atoms with Gasteiger partial charge in [0.1, 0.15) is 22.9 Å². The summed E-state index contributed by atoms with van der Waals surface area (Å²) < 4.78 is 38.2. The van der Waals surface area contributed by atoms with Gasteiger partial charge in [0.15, 0.2) is 5.13 Å². The van der Waals surface area contributed by atoms with Crippen LogP contribution in [0.3, 0.4) is 0 Å². The number of anilines is 2. The van der Waals surface area contributed by atoms with E-state index in [9.17, 15) is 13.2 Å². The zero-order valence-electron chi connectivity index (χ0n) is 17.4. The predicted molar refractivity (Wildman–Crippen MR) is 127 cm³/mol. The SMILES string of the molecule is COc1ccc(S(=O)(=O)Nc2nc(C(=O)Nc3ccc(Oc4ccccc4)cc3)cs2)cc1. The maximum absolute atomic E-state index is 12.5. The molecule has 0 spiro atoms. The van der Waals surface area contributed by atoms with E-state index in [-0.39, 0.29) is 15.7 Å². The number of para-hydroxylation sites is 1. The van der Waals surface area contributed by atoms with E-state index in [2.05, 4.69) is 15.0 Å². The fourth-order valence-corrected chi connectivity index (χ4v) is 4.72. The van der Waals surface area contributed by atoms with Crippen molar-refractivity contribution in [3.05, 3.63) is 89.9 Å². The number of thiazole rings is 1. The van der Waals surface area contributed by atoms with E-state index in [1.807, 2.05) is 30.3 Å². The number of amides is 1. The molecule has 0 saturated heterocycles. The fraction of sp³-hybridized carbons (Fsp3) is 0.0435. The molecule has 4 aromatic rings. The van der Waals surface area contributed by atoms with E-state index in [4.69, 9.17) is 9.47 Å². The second kappa shape index (κ2) is 9.72. The molecule has 3 aromatic carbocycles. The van der Waals surface area contributed by atoms with E-state index in [1.165, 1.54) is 24.6 Å². The Hall–Kier alpha value is -3.89. The number of ether oxygens (including phenoxy) is 2. The number of hydrogen-bond donors (Lipinski definition) is 2. The Labute approximate surface area is 194 Å². The van der Waals surface area contributed by atoms with Crippen LogP contribution in [0.4, 0.5) is 10.8 Å². The van der Waals surface area contributed by atoms with E-state index in [0.717, 1.165) is 11.3 Å². The van der Waals surface area contributed by atoms with Crippen LogP contribution in [0.2, 0.25) is 0 Å². The molecule has 0 radical (unpaired) electrons. The molecule has 0 aliphatic heterocycles. The van der Waals surface area contributed by atoms with Crippen LogP contribution in [0.1, 0.15) is 10.5 Å². The number of rotatable bonds is 8. The summed E-state index contributed by atoms with van der Waals surface area (Å²) >= 11 is 1.01. The number of nitrogens with one attached hydrogen (secondary N) is 2. The highest BCUT2D eigenvalue weighted by molar-refractivity contribution is 7.93. The summed E-state index contributed by atoms with van der Waals surface area (Å²) in [6.45, 7) is 0. The first-order chi connectivity index (χ1) is 15.9.